The van der Waals surface area contributed by atoms with Crippen molar-refractivity contribution in [2.75, 3.05) is 13.1 Å². The van der Waals surface area contributed by atoms with Crippen LogP contribution in [0.5, 0.6) is 0 Å². The molecular weight excluding hydrogens is 212 g/mol. The van der Waals surface area contributed by atoms with Gasteiger partial charge in [0, 0.05) is 19.5 Å². The van der Waals surface area contributed by atoms with Crippen molar-refractivity contribution in [2.24, 2.45) is 5.73 Å². The lowest BCUT2D eigenvalue weighted by atomic mass is 10.0. The molecule has 0 saturated carbocycles. The van der Waals surface area contributed by atoms with E-state index in [4.69, 9.17) is 5.73 Å². The normalized spacial score (nSPS) is 10.6. The highest BCUT2D eigenvalue weighted by Gasteiger charge is 2.00. The Kier molecular flexibility index (Phi) is 5.70. The molecule has 1 amide bonds. The number of carbonyl (C=O) groups is 1. The molecule has 0 heterocycles. The van der Waals surface area contributed by atoms with Gasteiger partial charge in [0.1, 0.15) is 0 Å². The molecule has 0 atom stereocenters. The van der Waals surface area contributed by atoms with Gasteiger partial charge in [-0.15, -0.1) is 0 Å². The van der Waals surface area contributed by atoms with Gasteiger partial charge in [-0.05, 0) is 23.5 Å². The van der Waals surface area contributed by atoms with Gasteiger partial charge in [0.05, 0.1) is 0 Å². The van der Waals surface area contributed by atoms with Gasteiger partial charge < -0.3 is 11.1 Å². The number of rotatable bonds is 6. The van der Waals surface area contributed by atoms with Crippen molar-refractivity contribution in [3.8, 4) is 0 Å². The third-order valence-corrected chi connectivity index (χ3v) is 2.75. The molecule has 94 valence electrons. The van der Waals surface area contributed by atoms with Crippen LogP contribution in [0.15, 0.2) is 24.3 Å². The van der Waals surface area contributed by atoms with E-state index in [9.17, 15) is 4.79 Å². The fourth-order valence-electron chi connectivity index (χ4n) is 1.63. The average Bonchev–Trinajstić information content (AvgIpc) is 2.30. The summed E-state index contributed by atoms with van der Waals surface area (Å²) in [6, 6.07) is 8.57. The second-order valence-corrected chi connectivity index (χ2v) is 4.53. The zero-order valence-electron chi connectivity index (χ0n) is 10.7. The van der Waals surface area contributed by atoms with Crippen LogP contribution in [0.3, 0.4) is 0 Å². The predicted octanol–water partition coefficient (Wildman–Crippen LogP) is 1.82. The minimum absolute atomic E-state index is 0.0336. The lowest BCUT2D eigenvalue weighted by molar-refractivity contribution is -0.120. The Morgan fingerprint density at radius 2 is 1.94 bits per heavy atom. The number of benzene rings is 1. The highest BCUT2D eigenvalue weighted by atomic mass is 16.1. The largest absolute Gasteiger partial charge is 0.356 e. The molecule has 17 heavy (non-hydrogen) atoms. The second kappa shape index (κ2) is 7.07. The lowest BCUT2D eigenvalue weighted by Gasteiger charge is -2.07. The molecule has 0 saturated heterocycles. The van der Waals surface area contributed by atoms with E-state index >= 15 is 0 Å². The predicted molar refractivity (Wildman–Crippen MR) is 70.9 cm³/mol. The maximum Gasteiger partial charge on any atom is 0.221 e. The quantitative estimate of drug-likeness (QED) is 0.789. The van der Waals surface area contributed by atoms with Crippen LogP contribution in [0, 0.1) is 0 Å². The molecule has 1 aromatic carbocycles. The maximum absolute atomic E-state index is 11.2. The summed E-state index contributed by atoms with van der Waals surface area (Å²) in [5, 5.41) is 2.85. The third kappa shape index (κ3) is 5.00. The smallest absolute Gasteiger partial charge is 0.221 e. The Morgan fingerprint density at radius 1 is 1.29 bits per heavy atom. The summed E-state index contributed by atoms with van der Waals surface area (Å²) in [7, 11) is 0. The molecule has 3 nitrogen and oxygen atoms in total. The molecular formula is C14H22N2O. The van der Waals surface area contributed by atoms with Crippen LogP contribution in [0.4, 0.5) is 0 Å². The van der Waals surface area contributed by atoms with Gasteiger partial charge in [0.2, 0.25) is 5.91 Å². The zero-order chi connectivity index (χ0) is 12.7. The van der Waals surface area contributed by atoms with Gasteiger partial charge >= 0.3 is 0 Å². The molecule has 1 aromatic rings. The molecule has 1 rings (SSSR count). The summed E-state index contributed by atoms with van der Waals surface area (Å²) in [5.41, 5.74) is 7.90. The topological polar surface area (TPSA) is 55.1 Å². The highest BCUT2D eigenvalue weighted by molar-refractivity contribution is 5.75. The number of amides is 1. The van der Waals surface area contributed by atoms with E-state index in [1.165, 1.54) is 11.1 Å². The van der Waals surface area contributed by atoms with E-state index in [1.807, 2.05) is 0 Å². The third-order valence-electron chi connectivity index (χ3n) is 2.75. The number of nitrogens with one attached hydrogen (secondary N) is 1. The van der Waals surface area contributed by atoms with Crippen molar-refractivity contribution in [1.29, 1.82) is 0 Å². The first kappa shape index (κ1) is 13.7. The molecule has 0 bridgehead atoms. The van der Waals surface area contributed by atoms with Crippen LogP contribution in [0.2, 0.25) is 0 Å². The van der Waals surface area contributed by atoms with E-state index in [0.29, 0.717) is 25.4 Å². The van der Waals surface area contributed by atoms with E-state index < -0.39 is 0 Å². The summed E-state index contributed by atoms with van der Waals surface area (Å²) >= 11 is 0. The van der Waals surface area contributed by atoms with Crippen LogP contribution < -0.4 is 11.1 Å². The van der Waals surface area contributed by atoms with Gasteiger partial charge in [-0.3, -0.25) is 4.79 Å². The molecule has 0 radical (unpaired) electrons. The average molecular weight is 234 g/mol. The molecule has 0 aliphatic rings. The van der Waals surface area contributed by atoms with Crippen LogP contribution in [0.25, 0.3) is 0 Å². The summed E-state index contributed by atoms with van der Waals surface area (Å²) < 4.78 is 0. The molecule has 0 unspecified atom stereocenters. The van der Waals surface area contributed by atoms with Crippen molar-refractivity contribution < 1.29 is 4.79 Å². The zero-order valence-corrected chi connectivity index (χ0v) is 10.7. The number of hydrogen-bond donors (Lipinski definition) is 2. The highest BCUT2D eigenvalue weighted by Crippen LogP contribution is 2.14. The first-order chi connectivity index (χ1) is 8.13. The Morgan fingerprint density at radius 3 is 2.47 bits per heavy atom. The van der Waals surface area contributed by atoms with Gasteiger partial charge in [-0.25, -0.2) is 0 Å². The van der Waals surface area contributed by atoms with Crippen molar-refractivity contribution in [1.82, 2.24) is 5.32 Å². The van der Waals surface area contributed by atoms with E-state index in [2.05, 4.69) is 43.4 Å². The SMILES string of the molecule is CC(C)c1ccc(CCNC(=O)CCN)cc1. The van der Waals surface area contributed by atoms with Gasteiger partial charge in [-0.1, -0.05) is 38.1 Å². The van der Waals surface area contributed by atoms with Crippen molar-refractivity contribution in [2.45, 2.75) is 32.6 Å². The fourth-order valence-corrected chi connectivity index (χ4v) is 1.63. The number of hydrogen-bond acceptors (Lipinski definition) is 2. The fraction of sp³-hybridized carbons (Fsp3) is 0.500. The van der Waals surface area contributed by atoms with Crippen LogP contribution in [0.1, 0.15) is 37.3 Å². The van der Waals surface area contributed by atoms with Crippen LogP contribution in [-0.2, 0) is 11.2 Å². The van der Waals surface area contributed by atoms with E-state index in [-0.39, 0.29) is 5.91 Å². The van der Waals surface area contributed by atoms with Gasteiger partial charge in [0.15, 0.2) is 0 Å². The molecule has 3 heteroatoms. The summed E-state index contributed by atoms with van der Waals surface area (Å²) in [4.78, 5) is 11.2. The monoisotopic (exact) mass is 234 g/mol. The Bertz CT molecular complexity index is 344. The number of nitrogens with two attached hydrogens (primary N) is 1. The van der Waals surface area contributed by atoms with Crippen molar-refractivity contribution >= 4 is 5.91 Å². The molecule has 0 fully saturated rings. The first-order valence-corrected chi connectivity index (χ1v) is 6.19. The Labute approximate surface area is 103 Å². The minimum atomic E-state index is 0.0336. The standard InChI is InChI=1S/C14H22N2O/c1-11(2)13-5-3-12(4-6-13)8-10-16-14(17)7-9-15/h3-6,11H,7-10,15H2,1-2H3,(H,16,17). The second-order valence-electron chi connectivity index (χ2n) is 4.53. The Balaban J connectivity index is 2.35. The van der Waals surface area contributed by atoms with Gasteiger partial charge in [-0.2, -0.15) is 0 Å². The van der Waals surface area contributed by atoms with Gasteiger partial charge in [0.25, 0.3) is 0 Å². The molecule has 0 aliphatic carbocycles. The van der Waals surface area contributed by atoms with E-state index in [0.717, 1.165) is 6.42 Å². The Hall–Kier alpha value is -1.35. The molecule has 3 N–H and O–H groups in total. The first-order valence-electron chi connectivity index (χ1n) is 6.19. The molecule has 0 aromatic heterocycles. The summed E-state index contributed by atoms with van der Waals surface area (Å²) in [6.45, 7) is 5.46. The number of carbonyl (C=O) groups excluding carboxylic acids is 1. The molecule has 0 spiro atoms. The molecule has 0 aliphatic heterocycles. The van der Waals surface area contributed by atoms with Crippen molar-refractivity contribution in [3.05, 3.63) is 35.4 Å². The van der Waals surface area contributed by atoms with Crippen molar-refractivity contribution in [3.63, 3.8) is 0 Å². The lowest BCUT2D eigenvalue weighted by Crippen LogP contribution is -2.27. The van der Waals surface area contributed by atoms with Crippen LogP contribution >= 0.6 is 0 Å². The maximum atomic E-state index is 11.2. The minimum Gasteiger partial charge on any atom is -0.356 e. The van der Waals surface area contributed by atoms with E-state index in [1.54, 1.807) is 0 Å². The summed E-state index contributed by atoms with van der Waals surface area (Å²) in [6.07, 6.45) is 1.28. The van der Waals surface area contributed by atoms with Crippen LogP contribution in [-0.4, -0.2) is 19.0 Å². The summed E-state index contributed by atoms with van der Waals surface area (Å²) in [5.74, 6) is 0.597.